The topological polar surface area (TPSA) is 33.2 Å². The Hall–Kier alpha value is -1.03. The summed E-state index contributed by atoms with van der Waals surface area (Å²) in [7, 11) is 0. The molecule has 0 amide bonds. The second-order valence-corrected chi connectivity index (χ2v) is 5.71. The van der Waals surface area contributed by atoms with Crippen LogP contribution in [0.1, 0.15) is 30.6 Å². The lowest BCUT2D eigenvalue weighted by Crippen LogP contribution is -2.38. The van der Waals surface area contributed by atoms with E-state index >= 15 is 0 Å². The molecule has 0 aromatic carbocycles. The maximum absolute atomic E-state index is 11.4. The van der Waals surface area contributed by atoms with Crippen molar-refractivity contribution in [3.05, 3.63) is 23.9 Å². The van der Waals surface area contributed by atoms with E-state index in [1.807, 2.05) is 17.8 Å². The van der Waals surface area contributed by atoms with Gasteiger partial charge in [-0.05, 0) is 25.5 Å². The van der Waals surface area contributed by atoms with E-state index in [0.29, 0.717) is 5.25 Å². The SMILES string of the molecule is CCC1CN(c2cc(C(C)=O)ccn2)CCS1. The van der Waals surface area contributed by atoms with Crippen LogP contribution in [0.2, 0.25) is 0 Å². The predicted molar refractivity (Wildman–Crippen MR) is 73.0 cm³/mol. The number of pyridine rings is 1. The van der Waals surface area contributed by atoms with Gasteiger partial charge in [-0.1, -0.05) is 6.92 Å². The molecule has 1 aromatic heterocycles. The van der Waals surface area contributed by atoms with Crippen molar-refractivity contribution in [3.63, 3.8) is 0 Å². The molecule has 1 fully saturated rings. The number of aromatic nitrogens is 1. The maximum Gasteiger partial charge on any atom is 0.159 e. The molecule has 0 spiro atoms. The Balaban J connectivity index is 2.16. The Morgan fingerprint density at radius 2 is 2.47 bits per heavy atom. The molecule has 0 bridgehead atoms. The van der Waals surface area contributed by atoms with Gasteiger partial charge >= 0.3 is 0 Å². The van der Waals surface area contributed by atoms with Crippen molar-refractivity contribution >= 4 is 23.4 Å². The molecule has 0 radical (unpaired) electrons. The van der Waals surface area contributed by atoms with E-state index in [1.54, 1.807) is 19.2 Å². The molecular weight excluding hydrogens is 232 g/mol. The number of carbonyl (C=O) groups is 1. The van der Waals surface area contributed by atoms with Gasteiger partial charge in [0.2, 0.25) is 0 Å². The van der Waals surface area contributed by atoms with E-state index in [4.69, 9.17) is 0 Å². The van der Waals surface area contributed by atoms with Crippen LogP contribution < -0.4 is 4.90 Å². The molecule has 0 aliphatic carbocycles. The first-order chi connectivity index (χ1) is 8.20. The molecule has 1 aromatic rings. The Kier molecular flexibility index (Phi) is 4.05. The number of Topliss-reactive ketones (excluding diaryl/α,β-unsaturated/α-hetero) is 1. The fourth-order valence-corrected chi connectivity index (χ4v) is 3.16. The first kappa shape index (κ1) is 12.4. The van der Waals surface area contributed by atoms with Crippen molar-refractivity contribution in [1.29, 1.82) is 0 Å². The average molecular weight is 250 g/mol. The fraction of sp³-hybridized carbons (Fsp3) is 0.538. The third kappa shape index (κ3) is 3.00. The van der Waals surface area contributed by atoms with Gasteiger partial charge in [0.25, 0.3) is 0 Å². The molecule has 17 heavy (non-hydrogen) atoms. The number of carbonyl (C=O) groups excluding carboxylic acids is 1. The standard InChI is InChI=1S/C13H18N2OS/c1-3-12-9-15(6-7-17-12)13-8-11(10(2)16)4-5-14-13/h4-5,8,12H,3,6-7,9H2,1-2H3. The van der Waals surface area contributed by atoms with E-state index in [-0.39, 0.29) is 5.78 Å². The fourth-order valence-electron chi connectivity index (χ4n) is 1.98. The van der Waals surface area contributed by atoms with E-state index in [0.717, 1.165) is 30.2 Å². The summed E-state index contributed by atoms with van der Waals surface area (Å²) in [4.78, 5) is 18.0. The molecule has 1 atom stereocenters. The van der Waals surface area contributed by atoms with Gasteiger partial charge in [-0.3, -0.25) is 4.79 Å². The first-order valence-corrected chi connectivity index (χ1v) is 7.09. The third-order valence-electron chi connectivity index (χ3n) is 3.07. The van der Waals surface area contributed by atoms with E-state index in [2.05, 4.69) is 16.8 Å². The van der Waals surface area contributed by atoms with Crippen LogP contribution in [0.3, 0.4) is 0 Å². The van der Waals surface area contributed by atoms with Gasteiger partial charge in [-0.25, -0.2) is 4.98 Å². The first-order valence-electron chi connectivity index (χ1n) is 6.04. The molecule has 2 heterocycles. The van der Waals surface area contributed by atoms with Crippen molar-refractivity contribution in [2.75, 3.05) is 23.7 Å². The minimum Gasteiger partial charge on any atom is -0.355 e. The molecule has 3 nitrogen and oxygen atoms in total. The minimum absolute atomic E-state index is 0.104. The summed E-state index contributed by atoms with van der Waals surface area (Å²) in [5.74, 6) is 2.19. The van der Waals surface area contributed by atoms with Crippen molar-refractivity contribution in [2.45, 2.75) is 25.5 Å². The van der Waals surface area contributed by atoms with Crippen LogP contribution in [0.15, 0.2) is 18.3 Å². The molecule has 92 valence electrons. The number of rotatable bonds is 3. The Morgan fingerprint density at radius 1 is 1.65 bits per heavy atom. The minimum atomic E-state index is 0.104. The van der Waals surface area contributed by atoms with Crippen molar-refractivity contribution in [3.8, 4) is 0 Å². The van der Waals surface area contributed by atoms with Gasteiger partial charge in [0, 0.05) is 35.9 Å². The Labute approximate surface area is 107 Å². The lowest BCUT2D eigenvalue weighted by atomic mass is 10.2. The van der Waals surface area contributed by atoms with Crippen LogP contribution in [0.5, 0.6) is 0 Å². The summed E-state index contributed by atoms with van der Waals surface area (Å²) in [6.45, 7) is 5.88. The van der Waals surface area contributed by atoms with E-state index < -0.39 is 0 Å². The highest BCUT2D eigenvalue weighted by Crippen LogP contribution is 2.24. The van der Waals surface area contributed by atoms with Crippen molar-refractivity contribution < 1.29 is 4.79 Å². The average Bonchev–Trinajstić information content (AvgIpc) is 2.39. The van der Waals surface area contributed by atoms with Gasteiger partial charge in [0.15, 0.2) is 5.78 Å². The van der Waals surface area contributed by atoms with Crippen molar-refractivity contribution in [1.82, 2.24) is 4.98 Å². The highest BCUT2D eigenvalue weighted by molar-refractivity contribution is 8.00. The van der Waals surface area contributed by atoms with Gasteiger partial charge < -0.3 is 4.90 Å². The summed E-state index contributed by atoms with van der Waals surface area (Å²) in [6, 6.07) is 3.69. The van der Waals surface area contributed by atoms with Gasteiger partial charge in [-0.2, -0.15) is 11.8 Å². The highest BCUT2D eigenvalue weighted by atomic mass is 32.2. The summed E-state index contributed by atoms with van der Waals surface area (Å²) >= 11 is 2.04. The third-order valence-corrected chi connectivity index (χ3v) is 4.44. The van der Waals surface area contributed by atoms with E-state index in [1.165, 1.54) is 6.42 Å². The van der Waals surface area contributed by atoms with Gasteiger partial charge in [0.1, 0.15) is 5.82 Å². The molecule has 1 aliphatic heterocycles. The Bertz CT molecular complexity index is 408. The van der Waals surface area contributed by atoms with Crippen LogP contribution in [-0.2, 0) is 0 Å². The van der Waals surface area contributed by atoms with Crippen LogP contribution in [-0.4, -0.2) is 34.9 Å². The lowest BCUT2D eigenvalue weighted by Gasteiger charge is -2.32. The number of hydrogen-bond acceptors (Lipinski definition) is 4. The highest BCUT2D eigenvalue weighted by Gasteiger charge is 2.20. The van der Waals surface area contributed by atoms with Crippen LogP contribution in [0.4, 0.5) is 5.82 Å². The summed E-state index contributed by atoms with van der Waals surface area (Å²) in [5, 5.41) is 0.687. The molecule has 4 heteroatoms. The molecular formula is C13H18N2OS. The van der Waals surface area contributed by atoms with Crippen LogP contribution in [0.25, 0.3) is 0 Å². The normalized spacial score (nSPS) is 20.4. The zero-order chi connectivity index (χ0) is 12.3. The second-order valence-electron chi connectivity index (χ2n) is 4.31. The quantitative estimate of drug-likeness (QED) is 0.772. The predicted octanol–water partition coefficient (Wildman–Crippen LogP) is 2.62. The van der Waals surface area contributed by atoms with Gasteiger partial charge in [-0.15, -0.1) is 0 Å². The van der Waals surface area contributed by atoms with Crippen LogP contribution in [0, 0.1) is 0 Å². The lowest BCUT2D eigenvalue weighted by molar-refractivity contribution is 0.101. The zero-order valence-corrected chi connectivity index (χ0v) is 11.2. The van der Waals surface area contributed by atoms with E-state index in [9.17, 15) is 4.79 Å². The molecule has 1 saturated heterocycles. The molecule has 1 aliphatic rings. The summed E-state index contributed by atoms with van der Waals surface area (Å²) in [5.41, 5.74) is 0.751. The molecule has 2 rings (SSSR count). The molecule has 0 saturated carbocycles. The number of ketones is 1. The second kappa shape index (κ2) is 5.54. The number of anilines is 1. The van der Waals surface area contributed by atoms with Gasteiger partial charge in [0.05, 0.1) is 0 Å². The summed E-state index contributed by atoms with van der Waals surface area (Å²) < 4.78 is 0. The zero-order valence-electron chi connectivity index (χ0n) is 10.3. The monoisotopic (exact) mass is 250 g/mol. The number of thioether (sulfide) groups is 1. The Morgan fingerprint density at radius 3 is 3.18 bits per heavy atom. The van der Waals surface area contributed by atoms with Crippen molar-refractivity contribution in [2.24, 2.45) is 0 Å². The number of nitrogens with zero attached hydrogens (tertiary/aromatic N) is 2. The number of hydrogen-bond donors (Lipinski definition) is 0. The molecule has 0 N–H and O–H groups in total. The summed E-state index contributed by atoms with van der Waals surface area (Å²) in [6.07, 6.45) is 2.92. The smallest absolute Gasteiger partial charge is 0.159 e. The molecule has 1 unspecified atom stereocenters. The maximum atomic E-state index is 11.4. The largest absolute Gasteiger partial charge is 0.355 e. The van der Waals surface area contributed by atoms with Crippen LogP contribution >= 0.6 is 11.8 Å².